The highest BCUT2D eigenvalue weighted by molar-refractivity contribution is 5.87. The molecule has 0 saturated carbocycles. The lowest BCUT2D eigenvalue weighted by molar-refractivity contribution is -0.130. The van der Waals surface area contributed by atoms with E-state index in [1.165, 1.54) is 6.08 Å². The van der Waals surface area contributed by atoms with Gasteiger partial charge in [-0.3, -0.25) is 4.79 Å². The lowest BCUT2D eigenvalue weighted by Gasteiger charge is -2.42. The first-order chi connectivity index (χ1) is 7.35. The SMILES string of the molecule is C=CC(=O)N1CCC[C@H](NC(C)(C)C)[C@@H]1C. The van der Waals surface area contributed by atoms with Crippen LogP contribution in [0.1, 0.15) is 40.5 Å². The molecule has 92 valence electrons. The number of nitrogens with zero attached hydrogens (tertiary/aromatic N) is 1. The quantitative estimate of drug-likeness (QED) is 0.727. The standard InChI is InChI=1S/C13H24N2O/c1-6-12(16)15-9-7-8-11(10(15)2)14-13(3,4)5/h6,10-11,14H,1,7-9H2,2-5H3/t10-,11-/m0/s1. The summed E-state index contributed by atoms with van der Waals surface area (Å²) in [6.07, 6.45) is 3.62. The molecule has 0 bridgehead atoms. The van der Waals surface area contributed by atoms with Crippen LogP contribution in [0.15, 0.2) is 12.7 Å². The van der Waals surface area contributed by atoms with E-state index in [-0.39, 0.29) is 17.5 Å². The second-order valence-electron chi connectivity index (χ2n) is 5.62. The first-order valence-electron chi connectivity index (χ1n) is 6.06. The van der Waals surface area contributed by atoms with Crippen molar-refractivity contribution in [1.82, 2.24) is 10.2 Å². The van der Waals surface area contributed by atoms with Gasteiger partial charge in [-0.15, -0.1) is 0 Å². The average Bonchev–Trinajstić information content (AvgIpc) is 2.18. The van der Waals surface area contributed by atoms with Crippen molar-refractivity contribution in [3.05, 3.63) is 12.7 Å². The van der Waals surface area contributed by atoms with E-state index in [1.807, 2.05) is 4.90 Å². The summed E-state index contributed by atoms with van der Waals surface area (Å²) in [6.45, 7) is 13.0. The molecule has 1 aliphatic rings. The zero-order valence-electron chi connectivity index (χ0n) is 10.9. The molecule has 1 N–H and O–H groups in total. The van der Waals surface area contributed by atoms with Crippen LogP contribution in [0.2, 0.25) is 0 Å². The van der Waals surface area contributed by atoms with Crippen LogP contribution in [0.3, 0.4) is 0 Å². The lowest BCUT2D eigenvalue weighted by atomic mass is 9.94. The van der Waals surface area contributed by atoms with Crippen LogP contribution < -0.4 is 5.32 Å². The molecule has 1 saturated heterocycles. The van der Waals surface area contributed by atoms with Crippen molar-refractivity contribution in [1.29, 1.82) is 0 Å². The summed E-state index contributed by atoms with van der Waals surface area (Å²) in [5.74, 6) is 0.0490. The van der Waals surface area contributed by atoms with Crippen molar-refractivity contribution in [3.63, 3.8) is 0 Å². The first-order valence-corrected chi connectivity index (χ1v) is 6.06. The second kappa shape index (κ2) is 5.00. The Balaban J connectivity index is 2.67. The van der Waals surface area contributed by atoms with Gasteiger partial charge in [0.1, 0.15) is 0 Å². The molecule has 1 fully saturated rings. The lowest BCUT2D eigenvalue weighted by Crippen LogP contribution is -2.58. The minimum absolute atomic E-state index is 0.0490. The molecule has 1 aliphatic heterocycles. The predicted octanol–water partition coefficient (Wildman–Crippen LogP) is 1.94. The Kier molecular flexibility index (Phi) is 4.14. The molecule has 0 aromatic rings. The van der Waals surface area contributed by atoms with Gasteiger partial charge in [0.05, 0.1) is 0 Å². The number of likely N-dealkylation sites (tertiary alicyclic amines) is 1. The van der Waals surface area contributed by atoms with Crippen LogP contribution in [-0.4, -0.2) is 35.0 Å². The fraction of sp³-hybridized carbons (Fsp3) is 0.769. The van der Waals surface area contributed by atoms with Gasteiger partial charge in [0.2, 0.25) is 5.91 Å². The number of rotatable bonds is 2. The largest absolute Gasteiger partial charge is 0.335 e. The van der Waals surface area contributed by atoms with E-state index in [0.29, 0.717) is 6.04 Å². The Morgan fingerprint density at radius 3 is 2.62 bits per heavy atom. The summed E-state index contributed by atoms with van der Waals surface area (Å²) in [5, 5.41) is 3.59. The Hall–Kier alpha value is -0.830. The molecule has 0 aliphatic carbocycles. The van der Waals surface area contributed by atoms with Crippen LogP contribution in [0.5, 0.6) is 0 Å². The monoisotopic (exact) mass is 224 g/mol. The summed E-state index contributed by atoms with van der Waals surface area (Å²) in [5.41, 5.74) is 0.0964. The second-order valence-corrected chi connectivity index (χ2v) is 5.62. The summed E-state index contributed by atoms with van der Waals surface area (Å²) < 4.78 is 0. The minimum Gasteiger partial charge on any atom is -0.335 e. The topological polar surface area (TPSA) is 32.3 Å². The van der Waals surface area contributed by atoms with Gasteiger partial charge in [0, 0.05) is 24.2 Å². The molecule has 16 heavy (non-hydrogen) atoms. The third-order valence-electron chi connectivity index (χ3n) is 3.06. The van der Waals surface area contributed by atoms with E-state index in [0.717, 1.165) is 19.4 Å². The number of carbonyl (C=O) groups excluding carboxylic acids is 1. The molecular weight excluding hydrogens is 200 g/mol. The van der Waals surface area contributed by atoms with E-state index >= 15 is 0 Å². The van der Waals surface area contributed by atoms with E-state index in [2.05, 4.69) is 39.6 Å². The number of nitrogens with one attached hydrogen (secondary N) is 1. The maximum Gasteiger partial charge on any atom is 0.246 e. The highest BCUT2D eigenvalue weighted by Gasteiger charge is 2.31. The van der Waals surface area contributed by atoms with Crippen molar-refractivity contribution < 1.29 is 4.79 Å². The summed E-state index contributed by atoms with van der Waals surface area (Å²) in [4.78, 5) is 13.6. The minimum atomic E-state index is 0.0490. The van der Waals surface area contributed by atoms with Gasteiger partial charge in [0.25, 0.3) is 0 Å². The molecule has 0 aromatic carbocycles. The van der Waals surface area contributed by atoms with Crippen molar-refractivity contribution in [2.45, 2.75) is 58.2 Å². The Bertz CT molecular complexity index is 268. The van der Waals surface area contributed by atoms with Gasteiger partial charge in [-0.05, 0) is 46.6 Å². The van der Waals surface area contributed by atoms with Gasteiger partial charge in [-0.1, -0.05) is 6.58 Å². The maximum atomic E-state index is 11.7. The molecule has 3 heteroatoms. The van der Waals surface area contributed by atoms with Crippen molar-refractivity contribution in [2.24, 2.45) is 0 Å². The number of carbonyl (C=O) groups is 1. The van der Waals surface area contributed by atoms with E-state index < -0.39 is 0 Å². The number of amides is 1. The van der Waals surface area contributed by atoms with Gasteiger partial charge < -0.3 is 10.2 Å². The highest BCUT2D eigenvalue weighted by atomic mass is 16.2. The van der Waals surface area contributed by atoms with Crippen molar-refractivity contribution >= 4 is 5.91 Å². The summed E-state index contributed by atoms with van der Waals surface area (Å²) >= 11 is 0. The van der Waals surface area contributed by atoms with Crippen LogP contribution in [-0.2, 0) is 4.79 Å². The fourth-order valence-electron chi connectivity index (χ4n) is 2.32. The zero-order valence-corrected chi connectivity index (χ0v) is 10.9. The molecule has 1 heterocycles. The van der Waals surface area contributed by atoms with Crippen LogP contribution >= 0.6 is 0 Å². The van der Waals surface area contributed by atoms with E-state index in [1.54, 1.807) is 0 Å². The Labute approximate surface area is 98.9 Å². The predicted molar refractivity (Wildman–Crippen MR) is 67.3 cm³/mol. The maximum absolute atomic E-state index is 11.7. The number of hydrogen-bond acceptors (Lipinski definition) is 2. The third-order valence-corrected chi connectivity index (χ3v) is 3.06. The highest BCUT2D eigenvalue weighted by Crippen LogP contribution is 2.20. The van der Waals surface area contributed by atoms with Gasteiger partial charge >= 0.3 is 0 Å². The molecular formula is C13H24N2O. The van der Waals surface area contributed by atoms with Gasteiger partial charge in [-0.2, -0.15) is 0 Å². The average molecular weight is 224 g/mol. The normalized spacial score (nSPS) is 26.6. The fourth-order valence-corrected chi connectivity index (χ4v) is 2.32. The molecule has 0 unspecified atom stereocenters. The molecule has 3 nitrogen and oxygen atoms in total. The molecule has 0 aromatic heterocycles. The zero-order chi connectivity index (χ0) is 12.3. The van der Waals surface area contributed by atoms with E-state index in [9.17, 15) is 4.79 Å². The Morgan fingerprint density at radius 2 is 2.12 bits per heavy atom. The van der Waals surface area contributed by atoms with Crippen molar-refractivity contribution in [2.75, 3.05) is 6.54 Å². The van der Waals surface area contributed by atoms with Gasteiger partial charge in [0.15, 0.2) is 0 Å². The van der Waals surface area contributed by atoms with Crippen LogP contribution in [0.4, 0.5) is 0 Å². The molecule has 1 rings (SSSR count). The van der Waals surface area contributed by atoms with Crippen LogP contribution in [0.25, 0.3) is 0 Å². The van der Waals surface area contributed by atoms with Gasteiger partial charge in [-0.25, -0.2) is 0 Å². The smallest absolute Gasteiger partial charge is 0.246 e. The number of piperidine rings is 1. The first kappa shape index (κ1) is 13.2. The molecule has 1 amide bonds. The number of hydrogen-bond donors (Lipinski definition) is 1. The summed E-state index contributed by atoms with van der Waals surface area (Å²) in [6, 6.07) is 0.635. The third kappa shape index (κ3) is 3.34. The van der Waals surface area contributed by atoms with Crippen LogP contribution in [0, 0.1) is 0 Å². The molecule has 2 atom stereocenters. The van der Waals surface area contributed by atoms with E-state index in [4.69, 9.17) is 0 Å². The summed E-state index contributed by atoms with van der Waals surface area (Å²) in [7, 11) is 0. The molecule has 0 radical (unpaired) electrons. The Morgan fingerprint density at radius 1 is 1.50 bits per heavy atom. The molecule has 0 spiro atoms. The van der Waals surface area contributed by atoms with Crippen molar-refractivity contribution in [3.8, 4) is 0 Å².